The van der Waals surface area contributed by atoms with Gasteiger partial charge in [-0.25, -0.2) is 0 Å². The molecule has 0 bridgehead atoms. The maximum atomic E-state index is 6.16. The van der Waals surface area contributed by atoms with E-state index in [0.29, 0.717) is 35.8 Å². The lowest BCUT2D eigenvalue weighted by molar-refractivity contribution is 0.267. The molecule has 0 saturated heterocycles. The minimum absolute atomic E-state index is 0.281. The van der Waals surface area contributed by atoms with Gasteiger partial charge in [0.15, 0.2) is 11.5 Å². The number of allylic oxidation sites excluding steroid dienone is 2. The molecule has 6 rings (SSSR count). The van der Waals surface area contributed by atoms with Gasteiger partial charge in [-0.2, -0.15) is 0 Å². The van der Waals surface area contributed by atoms with Crippen LogP contribution in [0.3, 0.4) is 0 Å². The van der Waals surface area contributed by atoms with Crippen LogP contribution in [0, 0.1) is 9.49 Å². The van der Waals surface area contributed by atoms with Crippen molar-refractivity contribution < 1.29 is 9.47 Å². The number of nitrogens with one attached hydrogen (secondary N) is 1. The standard InChI is InChI=1S/C34H30ClIN2O2/c1-2-39-32-19-23(18-30(36)34(32)40-21-22-10-14-25(35)15-11-22)20-37-26-16-12-24(13-17-26)33-29-8-5-7-27(29)28-6-3-4-9-31(28)38-33/h3-7,9-20,27,29,33,38H,2,8,21H2,1H3/t27-,29-,33+/m1/s1. The van der Waals surface area contributed by atoms with Gasteiger partial charge in [0, 0.05) is 22.8 Å². The first kappa shape index (κ1) is 26.9. The van der Waals surface area contributed by atoms with Crippen molar-refractivity contribution in [2.45, 2.75) is 31.9 Å². The number of ether oxygens (including phenoxy) is 2. The highest BCUT2D eigenvalue weighted by molar-refractivity contribution is 14.1. The van der Waals surface area contributed by atoms with Crippen LogP contribution in [0.2, 0.25) is 5.02 Å². The Kier molecular flexibility index (Phi) is 8.12. The Hall–Kier alpha value is -3.29. The summed E-state index contributed by atoms with van der Waals surface area (Å²) in [5.41, 5.74) is 6.86. The van der Waals surface area contributed by atoms with Crippen molar-refractivity contribution in [3.63, 3.8) is 0 Å². The van der Waals surface area contributed by atoms with E-state index in [1.165, 1.54) is 16.8 Å². The largest absolute Gasteiger partial charge is 0.490 e. The lowest BCUT2D eigenvalue weighted by Gasteiger charge is -2.37. The predicted octanol–water partition coefficient (Wildman–Crippen LogP) is 9.50. The van der Waals surface area contributed by atoms with Gasteiger partial charge in [-0.15, -0.1) is 0 Å². The Balaban J connectivity index is 1.17. The molecule has 1 aliphatic carbocycles. The summed E-state index contributed by atoms with van der Waals surface area (Å²) >= 11 is 8.31. The number of anilines is 1. The third-order valence-corrected chi connectivity index (χ3v) is 8.57. The Bertz CT molecular complexity index is 1550. The summed E-state index contributed by atoms with van der Waals surface area (Å²) in [4.78, 5) is 4.77. The van der Waals surface area contributed by atoms with Gasteiger partial charge in [-0.05, 0) is 107 Å². The van der Waals surface area contributed by atoms with Gasteiger partial charge in [-0.1, -0.05) is 66.2 Å². The maximum Gasteiger partial charge on any atom is 0.175 e. The van der Waals surface area contributed by atoms with Crippen molar-refractivity contribution in [3.05, 3.63) is 128 Å². The molecule has 0 radical (unpaired) electrons. The Morgan fingerprint density at radius 2 is 1.80 bits per heavy atom. The van der Waals surface area contributed by atoms with Crippen molar-refractivity contribution in [1.82, 2.24) is 0 Å². The topological polar surface area (TPSA) is 42.8 Å². The fourth-order valence-corrected chi connectivity index (χ4v) is 6.50. The quantitative estimate of drug-likeness (QED) is 0.116. The molecule has 2 aliphatic rings. The van der Waals surface area contributed by atoms with Crippen molar-refractivity contribution in [1.29, 1.82) is 0 Å². The summed E-state index contributed by atoms with van der Waals surface area (Å²) in [5, 5.41) is 4.51. The molecule has 3 atom stereocenters. The molecule has 0 aromatic heterocycles. The van der Waals surface area contributed by atoms with E-state index in [4.69, 9.17) is 26.1 Å². The summed E-state index contributed by atoms with van der Waals surface area (Å²) in [6.45, 7) is 2.96. The summed E-state index contributed by atoms with van der Waals surface area (Å²) in [5.74, 6) is 2.45. The van der Waals surface area contributed by atoms with Crippen LogP contribution >= 0.6 is 34.2 Å². The Labute approximate surface area is 254 Å². The molecule has 4 aromatic carbocycles. The third kappa shape index (κ3) is 5.77. The fraction of sp³-hybridized carbons (Fsp3) is 0.206. The monoisotopic (exact) mass is 660 g/mol. The van der Waals surface area contributed by atoms with E-state index >= 15 is 0 Å². The Morgan fingerprint density at radius 3 is 2.60 bits per heavy atom. The average Bonchev–Trinajstić information content (AvgIpc) is 3.47. The van der Waals surface area contributed by atoms with Crippen molar-refractivity contribution in [2.24, 2.45) is 10.9 Å². The second-order valence-corrected chi connectivity index (χ2v) is 11.7. The highest BCUT2D eigenvalue weighted by Crippen LogP contribution is 2.49. The van der Waals surface area contributed by atoms with E-state index in [-0.39, 0.29) is 6.04 Å². The van der Waals surface area contributed by atoms with E-state index < -0.39 is 0 Å². The zero-order valence-corrected chi connectivity index (χ0v) is 25.1. The maximum absolute atomic E-state index is 6.16. The van der Waals surface area contributed by atoms with Crippen LogP contribution in [-0.2, 0) is 6.61 Å². The Morgan fingerprint density at radius 1 is 1.00 bits per heavy atom. The molecule has 1 heterocycles. The van der Waals surface area contributed by atoms with Crippen LogP contribution in [0.4, 0.5) is 11.4 Å². The second-order valence-electron chi connectivity index (χ2n) is 10.1. The molecule has 0 spiro atoms. The van der Waals surface area contributed by atoms with Crippen LogP contribution in [0.15, 0.2) is 102 Å². The number of hydrogen-bond donors (Lipinski definition) is 1. The first-order chi connectivity index (χ1) is 19.6. The highest BCUT2D eigenvalue weighted by Gasteiger charge is 2.37. The molecule has 40 heavy (non-hydrogen) atoms. The van der Waals surface area contributed by atoms with E-state index in [1.54, 1.807) is 0 Å². The molecule has 0 amide bonds. The molecule has 1 N–H and O–H groups in total. The van der Waals surface area contributed by atoms with Gasteiger partial charge in [0.2, 0.25) is 0 Å². The molecular formula is C34H30ClIN2O2. The predicted molar refractivity (Wildman–Crippen MR) is 173 cm³/mol. The van der Waals surface area contributed by atoms with Crippen LogP contribution in [0.1, 0.15) is 47.6 Å². The first-order valence-corrected chi connectivity index (χ1v) is 15.0. The van der Waals surface area contributed by atoms with Crippen LogP contribution < -0.4 is 14.8 Å². The summed E-state index contributed by atoms with van der Waals surface area (Å²) < 4.78 is 13.1. The normalized spacial score (nSPS) is 19.2. The van der Waals surface area contributed by atoms with Gasteiger partial charge in [0.25, 0.3) is 0 Å². The number of rotatable bonds is 8. The number of para-hydroxylation sites is 1. The number of halogens is 2. The molecule has 4 nitrogen and oxygen atoms in total. The molecule has 0 saturated carbocycles. The minimum atomic E-state index is 0.281. The first-order valence-electron chi connectivity index (χ1n) is 13.6. The van der Waals surface area contributed by atoms with Gasteiger partial charge in [-0.3, -0.25) is 4.99 Å². The summed E-state index contributed by atoms with van der Waals surface area (Å²) in [6.07, 6.45) is 7.68. The summed E-state index contributed by atoms with van der Waals surface area (Å²) in [6, 6.07) is 29.3. The molecule has 4 aromatic rings. The molecule has 1 aliphatic heterocycles. The van der Waals surface area contributed by atoms with Crippen molar-refractivity contribution in [2.75, 3.05) is 11.9 Å². The molecule has 0 fully saturated rings. The van der Waals surface area contributed by atoms with Crippen LogP contribution in [0.5, 0.6) is 11.5 Å². The number of fused-ring (bicyclic) bond motifs is 3. The lowest BCUT2D eigenvalue weighted by Crippen LogP contribution is -2.28. The van der Waals surface area contributed by atoms with Gasteiger partial charge in [0.1, 0.15) is 6.61 Å². The zero-order chi connectivity index (χ0) is 27.5. The van der Waals surface area contributed by atoms with E-state index in [9.17, 15) is 0 Å². The second kappa shape index (κ2) is 12.1. The minimum Gasteiger partial charge on any atom is -0.490 e. The van der Waals surface area contributed by atoms with E-state index in [2.05, 4.69) is 94.7 Å². The van der Waals surface area contributed by atoms with Gasteiger partial charge >= 0.3 is 0 Å². The molecular weight excluding hydrogens is 631 g/mol. The molecule has 6 heteroatoms. The van der Waals surface area contributed by atoms with E-state index in [1.807, 2.05) is 43.5 Å². The smallest absolute Gasteiger partial charge is 0.175 e. The molecule has 202 valence electrons. The number of aliphatic imine (C=N–C) groups is 1. The zero-order valence-electron chi connectivity index (χ0n) is 22.2. The molecule has 0 unspecified atom stereocenters. The van der Waals surface area contributed by atoms with Crippen LogP contribution in [-0.4, -0.2) is 12.8 Å². The average molecular weight is 661 g/mol. The lowest BCUT2D eigenvalue weighted by atomic mass is 9.77. The fourth-order valence-electron chi connectivity index (χ4n) is 5.59. The van der Waals surface area contributed by atoms with Gasteiger partial charge < -0.3 is 14.8 Å². The van der Waals surface area contributed by atoms with Crippen molar-refractivity contribution >= 4 is 51.8 Å². The number of benzene rings is 4. The van der Waals surface area contributed by atoms with Crippen LogP contribution in [0.25, 0.3) is 0 Å². The highest BCUT2D eigenvalue weighted by atomic mass is 127. The van der Waals surface area contributed by atoms with Gasteiger partial charge in [0.05, 0.1) is 21.9 Å². The van der Waals surface area contributed by atoms with E-state index in [0.717, 1.165) is 32.6 Å². The summed E-state index contributed by atoms with van der Waals surface area (Å²) in [7, 11) is 0. The SMILES string of the molecule is CCOc1cc(C=Nc2ccc([C@@H]3Nc4ccccc4[C@H]4C=CC[C@H]43)cc2)cc(I)c1OCc1ccc(Cl)cc1. The van der Waals surface area contributed by atoms with Crippen molar-refractivity contribution in [3.8, 4) is 11.5 Å². The number of hydrogen-bond acceptors (Lipinski definition) is 4. The number of nitrogens with zero attached hydrogens (tertiary/aromatic N) is 1. The third-order valence-electron chi connectivity index (χ3n) is 7.52.